The molecule has 24 heavy (non-hydrogen) atoms. The van der Waals surface area contributed by atoms with E-state index in [9.17, 15) is 4.57 Å². The van der Waals surface area contributed by atoms with E-state index in [1.165, 1.54) is 37.1 Å². The van der Waals surface area contributed by atoms with Gasteiger partial charge >= 0.3 is 0 Å². The van der Waals surface area contributed by atoms with Crippen LogP contribution in [0.4, 0.5) is 11.4 Å². The summed E-state index contributed by atoms with van der Waals surface area (Å²) in [7, 11) is -1.91. The van der Waals surface area contributed by atoms with E-state index in [0.717, 1.165) is 36.8 Å². The first-order valence-electron chi connectivity index (χ1n) is 9.06. The molecule has 2 aromatic carbocycles. The molecule has 0 radical (unpaired) electrons. The Bertz CT molecular complexity index is 638. The highest BCUT2D eigenvalue weighted by atomic mass is 31.1. The minimum atomic E-state index is -1.91. The van der Waals surface area contributed by atoms with Gasteiger partial charge in [0.25, 0.3) is 0 Å². The van der Waals surface area contributed by atoms with Crippen LogP contribution in [0.3, 0.4) is 0 Å². The van der Waals surface area contributed by atoms with Crippen molar-refractivity contribution in [3.63, 3.8) is 0 Å². The van der Waals surface area contributed by atoms with Crippen molar-refractivity contribution in [1.82, 2.24) is 0 Å². The van der Waals surface area contributed by atoms with E-state index in [1.54, 1.807) is 0 Å². The minimum absolute atomic E-state index is 0.955. The van der Waals surface area contributed by atoms with E-state index < -0.39 is 7.80 Å². The van der Waals surface area contributed by atoms with Gasteiger partial charge in [-0.2, -0.15) is 0 Å². The first-order chi connectivity index (χ1) is 11.8. The van der Waals surface area contributed by atoms with Crippen LogP contribution in [0.5, 0.6) is 0 Å². The molecule has 0 aromatic heterocycles. The van der Waals surface area contributed by atoms with E-state index in [1.807, 2.05) is 24.3 Å². The van der Waals surface area contributed by atoms with E-state index in [2.05, 4.69) is 34.1 Å². The zero-order valence-electron chi connectivity index (χ0n) is 14.1. The molecular weight excluding hydrogens is 315 g/mol. The highest BCUT2D eigenvalue weighted by Gasteiger charge is 2.15. The molecule has 0 amide bonds. The molecule has 126 valence electrons. The molecule has 2 aromatic rings. The van der Waals surface area contributed by atoms with Gasteiger partial charge in [-0.05, 0) is 74.2 Å². The topological polar surface area (TPSA) is 23.6 Å². The Morgan fingerprint density at radius 1 is 0.583 bits per heavy atom. The highest BCUT2D eigenvalue weighted by Crippen LogP contribution is 2.26. The Morgan fingerprint density at radius 2 is 0.917 bits per heavy atom. The summed E-state index contributed by atoms with van der Waals surface area (Å²) in [4.78, 5) is 4.82. The highest BCUT2D eigenvalue weighted by molar-refractivity contribution is 7.61. The molecule has 0 atom stereocenters. The van der Waals surface area contributed by atoms with Gasteiger partial charge in [-0.15, -0.1) is 0 Å². The van der Waals surface area contributed by atoms with E-state index in [-0.39, 0.29) is 0 Å². The normalized spacial score (nSPS) is 17.9. The fourth-order valence-electron chi connectivity index (χ4n) is 3.76. The Labute approximate surface area is 145 Å². The number of nitrogens with zero attached hydrogens (tertiary/aromatic N) is 2. The number of rotatable bonds is 4. The van der Waals surface area contributed by atoms with Crippen LogP contribution in [0.2, 0.25) is 0 Å². The van der Waals surface area contributed by atoms with Gasteiger partial charge in [0.05, 0.1) is 0 Å². The van der Waals surface area contributed by atoms with Crippen molar-refractivity contribution in [2.75, 3.05) is 36.0 Å². The van der Waals surface area contributed by atoms with Crippen molar-refractivity contribution < 1.29 is 4.57 Å². The maximum Gasteiger partial charge on any atom is 0.131 e. The lowest BCUT2D eigenvalue weighted by molar-refractivity contribution is 0.598. The lowest BCUT2D eigenvalue weighted by Crippen LogP contribution is -2.18. The second-order valence-electron chi connectivity index (χ2n) is 6.81. The Morgan fingerprint density at radius 3 is 1.25 bits per heavy atom. The Hall–Kier alpha value is -1.73. The Balaban J connectivity index is 1.48. The Kier molecular flexibility index (Phi) is 4.62. The van der Waals surface area contributed by atoms with Crippen LogP contribution in [0.1, 0.15) is 25.7 Å². The van der Waals surface area contributed by atoms with E-state index in [0.29, 0.717) is 0 Å². The number of anilines is 2. The molecule has 2 fully saturated rings. The molecule has 0 saturated carbocycles. The third-order valence-electron chi connectivity index (χ3n) is 5.20. The molecule has 3 nitrogen and oxygen atoms in total. The summed E-state index contributed by atoms with van der Waals surface area (Å²) in [5, 5.41) is 1.91. The van der Waals surface area contributed by atoms with Crippen LogP contribution in [-0.4, -0.2) is 26.2 Å². The summed E-state index contributed by atoms with van der Waals surface area (Å²) < 4.78 is 12.9. The van der Waals surface area contributed by atoms with Gasteiger partial charge in [-0.3, -0.25) is 0 Å². The van der Waals surface area contributed by atoms with Gasteiger partial charge in [-0.25, -0.2) is 0 Å². The molecule has 0 spiro atoms. The SMILES string of the molecule is O=[PH](c1ccc(N2CCCC2)cc1)c1ccc(N2CCCC2)cc1. The molecule has 0 unspecified atom stereocenters. The van der Waals surface area contributed by atoms with Crippen LogP contribution in [0.15, 0.2) is 48.5 Å². The van der Waals surface area contributed by atoms with Gasteiger partial charge in [0.1, 0.15) is 7.80 Å². The van der Waals surface area contributed by atoms with Crippen molar-refractivity contribution in [3.05, 3.63) is 48.5 Å². The van der Waals surface area contributed by atoms with Gasteiger partial charge in [0, 0.05) is 48.2 Å². The molecule has 2 aliphatic heterocycles. The number of hydrogen-bond acceptors (Lipinski definition) is 3. The first kappa shape index (κ1) is 15.8. The van der Waals surface area contributed by atoms with Crippen LogP contribution in [0.25, 0.3) is 0 Å². The monoisotopic (exact) mass is 340 g/mol. The number of hydrogen-bond donors (Lipinski definition) is 0. The molecule has 0 N–H and O–H groups in total. The van der Waals surface area contributed by atoms with Crippen molar-refractivity contribution in [2.45, 2.75) is 25.7 Å². The maximum atomic E-state index is 12.9. The van der Waals surface area contributed by atoms with Crippen molar-refractivity contribution in [3.8, 4) is 0 Å². The molecule has 0 bridgehead atoms. The lowest BCUT2D eigenvalue weighted by atomic mass is 10.3. The molecule has 2 saturated heterocycles. The summed E-state index contributed by atoms with van der Waals surface area (Å²) in [5.74, 6) is 0. The molecule has 4 heteroatoms. The molecular formula is C20H25N2OP. The summed E-state index contributed by atoms with van der Waals surface area (Å²) in [6.45, 7) is 4.58. The predicted molar refractivity (Wildman–Crippen MR) is 104 cm³/mol. The largest absolute Gasteiger partial charge is 0.372 e. The number of benzene rings is 2. The minimum Gasteiger partial charge on any atom is -0.372 e. The van der Waals surface area contributed by atoms with Gasteiger partial charge in [0.15, 0.2) is 0 Å². The fourth-order valence-corrected chi connectivity index (χ4v) is 5.04. The third kappa shape index (κ3) is 3.23. The molecule has 0 aliphatic carbocycles. The first-order valence-corrected chi connectivity index (χ1v) is 10.5. The average Bonchev–Trinajstić information content (AvgIpc) is 3.35. The van der Waals surface area contributed by atoms with Crippen LogP contribution >= 0.6 is 7.80 Å². The zero-order valence-corrected chi connectivity index (χ0v) is 15.1. The van der Waals surface area contributed by atoms with Crippen LogP contribution in [-0.2, 0) is 4.57 Å². The second-order valence-corrected chi connectivity index (χ2v) is 8.62. The van der Waals surface area contributed by atoms with Crippen molar-refractivity contribution >= 4 is 29.8 Å². The van der Waals surface area contributed by atoms with E-state index >= 15 is 0 Å². The fraction of sp³-hybridized carbons (Fsp3) is 0.400. The third-order valence-corrected chi connectivity index (χ3v) is 6.92. The van der Waals surface area contributed by atoms with Gasteiger partial charge < -0.3 is 14.4 Å². The molecule has 2 heterocycles. The van der Waals surface area contributed by atoms with E-state index in [4.69, 9.17) is 0 Å². The average molecular weight is 340 g/mol. The summed E-state index contributed by atoms with van der Waals surface area (Å²) in [6, 6.07) is 16.7. The predicted octanol–water partition coefficient (Wildman–Crippen LogP) is 3.40. The standard InChI is InChI=1S/C20H25N2OP/c23-24(19-9-5-17(6-10-19)21-13-1-2-14-21)20-11-7-18(8-12-20)22-15-3-4-16-22/h5-12,24H,1-4,13-16H2. The summed E-state index contributed by atoms with van der Waals surface area (Å²) >= 11 is 0. The van der Waals surface area contributed by atoms with Crippen LogP contribution < -0.4 is 20.4 Å². The zero-order chi connectivity index (χ0) is 16.4. The summed E-state index contributed by atoms with van der Waals surface area (Å²) in [6.07, 6.45) is 5.12. The lowest BCUT2D eigenvalue weighted by Gasteiger charge is -2.18. The quantitative estimate of drug-likeness (QED) is 0.797. The maximum absolute atomic E-state index is 12.9. The second kappa shape index (κ2) is 7.03. The van der Waals surface area contributed by atoms with Crippen molar-refractivity contribution in [2.24, 2.45) is 0 Å². The summed E-state index contributed by atoms with van der Waals surface area (Å²) in [5.41, 5.74) is 2.52. The molecule has 4 rings (SSSR count). The van der Waals surface area contributed by atoms with Gasteiger partial charge in [0.2, 0.25) is 0 Å². The smallest absolute Gasteiger partial charge is 0.131 e. The van der Waals surface area contributed by atoms with Crippen LogP contribution in [0, 0.1) is 0 Å². The van der Waals surface area contributed by atoms with Gasteiger partial charge in [-0.1, -0.05) is 0 Å². The molecule has 2 aliphatic rings. The van der Waals surface area contributed by atoms with Crippen molar-refractivity contribution in [1.29, 1.82) is 0 Å².